The molecular formula is C14H11NO3. The van der Waals surface area contributed by atoms with E-state index in [0.29, 0.717) is 16.5 Å². The Labute approximate surface area is 103 Å². The van der Waals surface area contributed by atoms with Crippen LogP contribution < -0.4 is 0 Å². The van der Waals surface area contributed by atoms with E-state index in [0.717, 1.165) is 10.9 Å². The molecule has 3 N–H and O–H groups in total. The SMILES string of the molecule is O.O=C(O)c1cccc2nc3ccccc3cc12. The first-order chi connectivity index (χ1) is 8.25. The second-order valence-corrected chi connectivity index (χ2v) is 3.86. The molecule has 0 amide bonds. The van der Waals surface area contributed by atoms with Crippen LogP contribution >= 0.6 is 0 Å². The van der Waals surface area contributed by atoms with Gasteiger partial charge in [0.15, 0.2) is 0 Å². The molecule has 3 aromatic rings. The number of pyridine rings is 1. The van der Waals surface area contributed by atoms with Crippen LogP contribution in [0.3, 0.4) is 0 Å². The Morgan fingerprint density at radius 2 is 1.72 bits per heavy atom. The van der Waals surface area contributed by atoms with Crippen LogP contribution in [0.4, 0.5) is 0 Å². The zero-order valence-electron chi connectivity index (χ0n) is 9.42. The van der Waals surface area contributed by atoms with Crippen molar-refractivity contribution in [1.29, 1.82) is 0 Å². The molecule has 0 aliphatic rings. The van der Waals surface area contributed by atoms with Gasteiger partial charge in [-0.15, -0.1) is 0 Å². The van der Waals surface area contributed by atoms with Gasteiger partial charge < -0.3 is 10.6 Å². The highest BCUT2D eigenvalue weighted by molar-refractivity contribution is 6.05. The maximum atomic E-state index is 11.1. The van der Waals surface area contributed by atoms with Crippen molar-refractivity contribution >= 4 is 27.8 Å². The molecule has 4 nitrogen and oxygen atoms in total. The number of hydrogen-bond acceptors (Lipinski definition) is 2. The number of fused-ring (bicyclic) bond motifs is 2. The van der Waals surface area contributed by atoms with E-state index in [-0.39, 0.29) is 5.48 Å². The van der Waals surface area contributed by atoms with Crippen molar-refractivity contribution in [2.45, 2.75) is 0 Å². The van der Waals surface area contributed by atoms with Gasteiger partial charge in [-0.3, -0.25) is 0 Å². The predicted molar refractivity (Wildman–Crippen MR) is 69.8 cm³/mol. The number of carboxylic acids is 1. The quantitative estimate of drug-likeness (QED) is 0.663. The summed E-state index contributed by atoms with van der Waals surface area (Å²) in [6.07, 6.45) is 0. The third-order valence-electron chi connectivity index (χ3n) is 2.79. The molecular weight excluding hydrogens is 230 g/mol. The highest BCUT2D eigenvalue weighted by atomic mass is 16.4. The Morgan fingerprint density at radius 3 is 2.50 bits per heavy atom. The van der Waals surface area contributed by atoms with Crippen molar-refractivity contribution in [3.05, 3.63) is 54.1 Å². The van der Waals surface area contributed by atoms with Gasteiger partial charge in [0.1, 0.15) is 0 Å². The maximum Gasteiger partial charge on any atom is 0.336 e. The summed E-state index contributed by atoms with van der Waals surface area (Å²) >= 11 is 0. The van der Waals surface area contributed by atoms with Crippen LogP contribution in [-0.4, -0.2) is 21.5 Å². The minimum Gasteiger partial charge on any atom is -0.478 e. The molecule has 2 aromatic carbocycles. The van der Waals surface area contributed by atoms with Crippen LogP contribution in [0.25, 0.3) is 21.8 Å². The molecule has 0 fully saturated rings. The molecule has 4 heteroatoms. The zero-order valence-corrected chi connectivity index (χ0v) is 9.42. The van der Waals surface area contributed by atoms with E-state index in [4.69, 9.17) is 5.11 Å². The van der Waals surface area contributed by atoms with Gasteiger partial charge in [-0.05, 0) is 24.3 Å². The van der Waals surface area contributed by atoms with Crippen LogP contribution in [0.1, 0.15) is 10.4 Å². The van der Waals surface area contributed by atoms with Gasteiger partial charge in [0.2, 0.25) is 0 Å². The monoisotopic (exact) mass is 241 g/mol. The lowest BCUT2D eigenvalue weighted by molar-refractivity contribution is 0.0699. The molecule has 90 valence electrons. The van der Waals surface area contributed by atoms with Crippen molar-refractivity contribution in [3.63, 3.8) is 0 Å². The second-order valence-electron chi connectivity index (χ2n) is 3.86. The molecule has 18 heavy (non-hydrogen) atoms. The molecule has 0 radical (unpaired) electrons. The Morgan fingerprint density at radius 1 is 1.00 bits per heavy atom. The number of hydrogen-bond donors (Lipinski definition) is 1. The average Bonchev–Trinajstić information content (AvgIpc) is 2.35. The smallest absolute Gasteiger partial charge is 0.336 e. The van der Waals surface area contributed by atoms with Crippen LogP contribution in [0.2, 0.25) is 0 Å². The first kappa shape index (κ1) is 12.0. The van der Waals surface area contributed by atoms with E-state index < -0.39 is 5.97 Å². The first-order valence-corrected chi connectivity index (χ1v) is 5.27. The number of aromatic nitrogens is 1. The molecule has 0 bridgehead atoms. The Kier molecular flexibility index (Phi) is 2.95. The maximum absolute atomic E-state index is 11.1. The van der Waals surface area contributed by atoms with Gasteiger partial charge in [0.25, 0.3) is 0 Å². The second kappa shape index (κ2) is 4.43. The fourth-order valence-corrected chi connectivity index (χ4v) is 1.99. The van der Waals surface area contributed by atoms with E-state index in [1.54, 1.807) is 12.1 Å². The largest absolute Gasteiger partial charge is 0.478 e. The fourth-order valence-electron chi connectivity index (χ4n) is 1.99. The zero-order chi connectivity index (χ0) is 11.8. The number of rotatable bonds is 1. The van der Waals surface area contributed by atoms with Gasteiger partial charge in [-0.25, -0.2) is 9.78 Å². The number of carbonyl (C=O) groups is 1. The summed E-state index contributed by atoms with van der Waals surface area (Å²) in [6, 6.07) is 14.7. The lowest BCUT2D eigenvalue weighted by Crippen LogP contribution is -1.97. The van der Waals surface area contributed by atoms with Gasteiger partial charge in [0, 0.05) is 10.8 Å². The highest BCUT2D eigenvalue weighted by Crippen LogP contribution is 2.22. The summed E-state index contributed by atoms with van der Waals surface area (Å²) in [5.41, 5.74) is 1.88. The molecule has 0 spiro atoms. The van der Waals surface area contributed by atoms with E-state index >= 15 is 0 Å². The summed E-state index contributed by atoms with van der Waals surface area (Å²) in [7, 11) is 0. The number of benzene rings is 2. The van der Waals surface area contributed by atoms with Crippen molar-refractivity contribution in [2.75, 3.05) is 0 Å². The highest BCUT2D eigenvalue weighted by Gasteiger charge is 2.09. The third kappa shape index (κ3) is 1.78. The van der Waals surface area contributed by atoms with Crippen LogP contribution in [-0.2, 0) is 0 Å². The Bertz CT molecular complexity index is 737. The number of para-hydroxylation sites is 1. The van der Waals surface area contributed by atoms with Gasteiger partial charge in [0.05, 0.1) is 16.6 Å². The third-order valence-corrected chi connectivity index (χ3v) is 2.79. The summed E-state index contributed by atoms with van der Waals surface area (Å²) in [6.45, 7) is 0. The first-order valence-electron chi connectivity index (χ1n) is 5.27. The van der Waals surface area contributed by atoms with Crippen molar-refractivity contribution in [1.82, 2.24) is 4.98 Å². The molecule has 0 unspecified atom stereocenters. The molecule has 1 heterocycles. The normalized spacial score (nSPS) is 10.2. The van der Waals surface area contributed by atoms with Crippen molar-refractivity contribution in [3.8, 4) is 0 Å². The van der Waals surface area contributed by atoms with E-state index in [1.807, 2.05) is 36.4 Å². The van der Waals surface area contributed by atoms with E-state index in [2.05, 4.69) is 4.98 Å². The van der Waals surface area contributed by atoms with E-state index in [1.165, 1.54) is 0 Å². The molecule has 0 atom stereocenters. The standard InChI is InChI=1S/C14H9NO2.H2O/c16-14(17)10-5-3-7-13-11(10)8-9-4-1-2-6-12(9)15-13;/h1-8H,(H,16,17);1H2. The summed E-state index contributed by atoms with van der Waals surface area (Å²) in [5.74, 6) is -0.923. The topological polar surface area (TPSA) is 81.7 Å². The van der Waals surface area contributed by atoms with Crippen LogP contribution in [0.15, 0.2) is 48.5 Å². The Hall–Kier alpha value is -2.46. The fraction of sp³-hybridized carbons (Fsp3) is 0. The lowest BCUT2D eigenvalue weighted by atomic mass is 10.1. The Balaban J connectivity index is 0.00000120. The molecule has 0 saturated carbocycles. The van der Waals surface area contributed by atoms with E-state index in [9.17, 15) is 4.79 Å². The van der Waals surface area contributed by atoms with Gasteiger partial charge in [-0.1, -0.05) is 24.3 Å². The summed E-state index contributed by atoms with van der Waals surface area (Å²) in [5, 5.41) is 10.8. The van der Waals surface area contributed by atoms with Gasteiger partial charge in [-0.2, -0.15) is 0 Å². The summed E-state index contributed by atoms with van der Waals surface area (Å²) in [4.78, 5) is 15.6. The van der Waals surface area contributed by atoms with Gasteiger partial charge >= 0.3 is 5.97 Å². The van der Waals surface area contributed by atoms with Crippen LogP contribution in [0.5, 0.6) is 0 Å². The number of nitrogens with zero attached hydrogens (tertiary/aromatic N) is 1. The molecule has 1 aromatic heterocycles. The minimum atomic E-state index is -0.923. The van der Waals surface area contributed by atoms with Crippen molar-refractivity contribution < 1.29 is 15.4 Å². The minimum absolute atomic E-state index is 0. The molecule has 3 rings (SSSR count). The summed E-state index contributed by atoms with van der Waals surface area (Å²) < 4.78 is 0. The lowest BCUT2D eigenvalue weighted by Gasteiger charge is -2.04. The van der Waals surface area contributed by atoms with Crippen molar-refractivity contribution in [2.24, 2.45) is 0 Å². The molecule has 0 aliphatic heterocycles. The average molecular weight is 241 g/mol. The number of carboxylic acid groups (broad SMARTS) is 1. The molecule has 0 aliphatic carbocycles. The van der Waals surface area contributed by atoms with Crippen LogP contribution in [0, 0.1) is 0 Å². The number of aromatic carboxylic acids is 1. The molecule has 0 saturated heterocycles. The predicted octanol–water partition coefficient (Wildman–Crippen LogP) is 2.26.